The highest BCUT2D eigenvalue weighted by atomic mass is 16.5. The van der Waals surface area contributed by atoms with Gasteiger partial charge in [0, 0.05) is 6.54 Å². The molecule has 1 atom stereocenters. The first-order valence-corrected chi connectivity index (χ1v) is 5.14. The zero-order valence-electron chi connectivity index (χ0n) is 9.32. The van der Waals surface area contributed by atoms with E-state index >= 15 is 0 Å². The first-order chi connectivity index (χ1) is 6.45. The molecule has 3 N–H and O–H groups in total. The lowest BCUT2D eigenvalue weighted by atomic mass is 10.1. The van der Waals surface area contributed by atoms with Crippen LogP contribution in [0.5, 0.6) is 0 Å². The minimum absolute atomic E-state index is 0.108. The standard InChI is InChI=1S/C10H22N2O2/c1-4-9(3)6-12(8-11)7-10(13,14)5-2/h8-9,11,13-14H,4-7H2,1-3H3. The van der Waals surface area contributed by atoms with Crippen LogP contribution in [0.2, 0.25) is 0 Å². The molecule has 84 valence electrons. The van der Waals surface area contributed by atoms with E-state index in [1.54, 1.807) is 11.8 Å². The minimum Gasteiger partial charge on any atom is -0.364 e. The number of nitrogens with zero attached hydrogens (tertiary/aromatic N) is 1. The van der Waals surface area contributed by atoms with Crippen molar-refractivity contribution in [2.75, 3.05) is 13.1 Å². The van der Waals surface area contributed by atoms with E-state index in [9.17, 15) is 10.2 Å². The molecule has 14 heavy (non-hydrogen) atoms. The molecule has 0 saturated carbocycles. The molecule has 0 aliphatic carbocycles. The second-order valence-corrected chi connectivity index (χ2v) is 3.91. The molecule has 1 unspecified atom stereocenters. The minimum atomic E-state index is -1.68. The summed E-state index contributed by atoms with van der Waals surface area (Å²) in [5.74, 6) is -1.21. The second kappa shape index (κ2) is 5.98. The van der Waals surface area contributed by atoms with Gasteiger partial charge in [-0.15, -0.1) is 0 Å². The van der Waals surface area contributed by atoms with Gasteiger partial charge in [-0.1, -0.05) is 27.2 Å². The van der Waals surface area contributed by atoms with Gasteiger partial charge in [-0.3, -0.25) is 5.41 Å². The fourth-order valence-corrected chi connectivity index (χ4v) is 1.13. The van der Waals surface area contributed by atoms with Gasteiger partial charge in [0.15, 0.2) is 5.79 Å². The number of rotatable bonds is 7. The zero-order chi connectivity index (χ0) is 11.2. The fraction of sp³-hybridized carbons (Fsp3) is 0.900. The van der Waals surface area contributed by atoms with Crippen molar-refractivity contribution in [1.82, 2.24) is 4.90 Å². The Balaban J connectivity index is 4.09. The Morgan fingerprint density at radius 1 is 1.43 bits per heavy atom. The molecule has 0 radical (unpaired) electrons. The van der Waals surface area contributed by atoms with E-state index in [4.69, 9.17) is 5.41 Å². The lowest BCUT2D eigenvalue weighted by Crippen LogP contribution is -2.43. The normalized spacial score (nSPS) is 13.8. The summed E-state index contributed by atoms with van der Waals surface area (Å²) in [6.07, 6.45) is 2.47. The van der Waals surface area contributed by atoms with Gasteiger partial charge in [-0.25, -0.2) is 0 Å². The molecule has 0 rings (SSSR count). The fourth-order valence-electron chi connectivity index (χ4n) is 1.13. The molecule has 0 aliphatic heterocycles. The maximum Gasteiger partial charge on any atom is 0.180 e. The largest absolute Gasteiger partial charge is 0.364 e. The van der Waals surface area contributed by atoms with Crippen molar-refractivity contribution in [3.8, 4) is 0 Å². The Hall–Kier alpha value is -0.610. The van der Waals surface area contributed by atoms with Crippen molar-refractivity contribution in [3.63, 3.8) is 0 Å². The van der Waals surface area contributed by atoms with E-state index in [1.807, 2.05) is 0 Å². The Kier molecular flexibility index (Phi) is 5.72. The van der Waals surface area contributed by atoms with Crippen LogP contribution >= 0.6 is 0 Å². The quantitative estimate of drug-likeness (QED) is 0.328. The van der Waals surface area contributed by atoms with Crippen LogP contribution in [-0.2, 0) is 0 Å². The zero-order valence-corrected chi connectivity index (χ0v) is 9.32. The summed E-state index contributed by atoms with van der Waals surface area (Å²) in [5.41, 5.74) is 0. The first-order valence-electron chi connectivity index (χ1n) is 5.14. The predicted octanol–water partition coefficient (Wildman–Crippen LogP) is 1.03. The third-order valence-corrected chi connectivity index (χ3v) is 2.45. The molecular weight excluding hydrogens is 180 g/mol. The van der Waals surface area contributed by atoms with Crippen molar-refractivity contribution in [2.24, 2.45) is 5.92 Å². The molecule has 0 bridgehead atoms. The Morgan fingerprint density at radius 3 is 2.36 bits per heavy atom. The highest BCUT2D eigenvalue weighted by Gasteiger charge is 2.23. The van der Waals surface area contributed by atoms with Crippen LogP contribution in [0.3, 0.4) is 0 Å². The van der Waals surface area contributed by atoms with Gasteiger partial charge >= 0.3 is 0 Å². The molecular formula is C10H22N2O2. The molecule has 0 aliphatic rings. The van der Waals surface area contributed by atoms with E-state index in [2.05, 4.69) is 13.8 Å². The number of hydrogen-bond acceptors (Lipinski definition) is 3. The first kappa shape index (κ1) is 13.4. The molecule has 0 fully saturated rings. The van der Waals surface area contributed by atoms with E-state index in [0.717, 1.165) is 6.42 Å². The average molecular weight is 202 g/mol. The van der Waals surface area contributed by atoms with Crippen molar-refractivity contribution >= 4 is 6.34 Å². The highest BCUT2D eigenvalue weighted by molar-refractivity contribution is 5.50. The monoisotopic (exact) mass is 202 g/mol. The van der Waals surface area contributed by atoms with Crippen molar-refractivity contribution < 1.29 is 10.2 Å². The van der Waals surface area contributed by atoms with E-state index < -0.39 is 5.79 Å². The summed E-state index contributed by atoms with van der Waals surface area (Å²) in [7, 11) is 0. The number of nitrogens with one attached hydrogen (secondary N) is 1. The second-order valence-electron chi connectivity index (χ2n) is 3.91. The predicted molar refractivity (Wildman–Crippen MR) is 57.3 cm³/mol. The van der Waals surface area contributed by atoms with Crippen molar-refractivity contribution in [2.45, 2.75) is 39.4 Å². The van der Waals surface area contributed by atoms with Gasteiger partial charge in [-0.05, 0) is 12.3 Å². The van der Waals surface area contributed by atoms with Crippen LogP contribution in [0.1, 0.15) is 33.6 Å². The van der Waals surface area contributed by atoms with Crippen LogP contribution in [0, 0.1) is 11.3 Å². The lowest BCUT2D eigenvalue weighted by Gasteiger charge is -2.29. The maximum atomic E-state index is 9.42. The van der Waals surface area contributed by atoms with Gasteiger partial charge in [-0.2, -0.15) is 0 Å². The molecule has 0 spiro atoms. The molecule has 0 aromatic rings. The van der Waals surface area contributed by atoms with Crippen LogP contribution in [0.15, 0.2) is 0 Å². The van der Waals surface area contributed by atoms with E-state index in [-0.39, 0.29) is 13.0 Å². The van der Waals surface area contributed by atoms with Gasteiger partial charge in [0.25, 0.3) is 0 Å². The van der Waals surface area contributed by atoms with Gasteiger partial charge in [0.1, 0.15) is 0 Å². The molecule has 0 heterocycles. The van der Waals surface area contributed by atoms with E-state index in [1.165, 1.54) is 6.34 Å². The summed E-state index contributed by atoms with van der Waals surface area (Å²) < 4.78 is 0. The summed E-state index contributed by atoms with van der Waals surface area (Å²) >= 11 is 0. The lowest BCUT2D eigenvalue weighted by molar-refractivity contribution is -0.169. The molecule has 0 amide bonds. The molecule has 4 heteroatoms. The summed E-state index contributed by atoms with van der Waals surface area (Å²) in [4.78, 5) is 1.64. The number of hydrogen-bond donors (Lipinski definition) is 3. The van der Waals surface area contributed by atoms with E-state index in [0.29, 0.717) is 12.5 Å². The summed E-state index contributed by atoms with van der Waals surface area (Å²) in [5, 5.41) is 26.0. The van der Waals surface area contributed by atoms with Gasteiger partial charge < -0.3 is 15.1 Å². The molecule has 0 aromatic heterocycles. The highest BCUT2D eigenvalue weighted by Crippen LogP contribution is 2.09. The topological polar surface area (TPSA) is 67.6 Å². The maximum absolute atomic E-state index is 9.42. The SMILES string of the molecule is CCC(C)CN(C=N)CC(O)(O)CC. The molecule has 4 nitrogen and oxygen atoms in total. The third kappa shape index (κ3) is 5.19. The molecule has 0 aromatic carbocycles. The van der Waals surface area contributed by atoms with Gasteiger partial charge in [0.05, 0.1) is 12.9 Å². The van der Waals surface area contributed by atoms with Crippen molar-refractivity contribution in [1.29, 1.82) is 5.41 Å². The molecule has 0 saturated heterocycles. The Bertz CT molecular complexity index is 172. The Morgan fingerprint density at radius 2 is 2.00 bits per heavy atom. The summed E-state index contributed by atoms with van der Waals surface area (Å²) in [6.45, 7) is 6.68. The smallest absolute Gasteiger partial charge is 0.180 e. The van der Waals surface area contributed by atoms with Crippen molar-refractivity contribution in [3.05, 3.63) is 0 Å². The van der Waals surface area contributed by atoms with Crippen LogP contribution < -0.4 is 0 Å². The van der Waals surface area contributed by atoms with Crippen LogP contribution in [-0.4, -0.2) is 40.3 Å². The van der Waals surface area contributed by atoms with Gasteiger partial charge in [0.2, 0.25) is 0 Å². The summed E-state index contributed by atoms with van der Waals surface area (Å²) in [6, 6.07) is 0. The Labute approximate surface area is 86.1 Å². The van der Waals surface area contributed by atoms with Crippen LogP contribution in [0.25, 0.3) is 0 Å². The van der Waals surface area contributed by atoms with Crippen LogP contribution in [0.4, 0.5) is 0 Å². The number of aliphatic hydroxyl groups is 2. The third-order valence-electron chi connectivity index (χ3n) is 2.45. The average Bonchev–Trinajstić information content (AvgIpc) is 2.16.